The number of H-pyrrole nitrogens is 1. The molecule has 2 aromatic heterocycles. The molecule has 0 aliphatic carbocycles. The van der Waals surface area contributed by atoms with Crippen LogP contribution in [0.25, 0.3) is 10.2 Å². The van der Waals surface area contributed by atoms with Crippen LogP contribution >= 0.6 is 27.3 Å². The van der Waals surface area contributed by atoms with Crippen molar-refractivity contribution in [1.29, 1.82) is 0 Å². The highest BCUT2D eigenvalue weighted by Gasteiger charge is 2.09. The van der Waals surface area contributed by atoms with Crippen molar-refractivity contribution in [2.75, 3.05) is 0 Å². The second-order valence-electron chi connectivity index (χ2n) is 5.52. The number of nitrogens with zero attached hydrogens (tertiary/aromatic N) is 1. The summed E-state index contributed by atoms with van der Waals surface area (Å²) >= 11 is 4.94. The van der Waals surface area contributed by atoms with Gasteiger partial charge >= 0.3 is 0 Å². The number of nitrogens with one attached hydrogen (secondary N) is 3. The number of benzene rings is 1. The Morgan fingerprint density at radius 3 is 2.80 bits per heavy atom. The molecule has 0 spiro atoms. The fraction of sp³-hybridized carbons (Fsp3) is 0.235. The first kappa shape index (κ1) is 17.6. The zero-order chi connectivity index (χ0) is 17.6. The number of carbonyl (C=O) groups is 2. The van der Waals surface area contributed by atoms with Gasteiger partial charge in [-0.25, -0.2) is 4.98 Å². The summed E-state index contributed by atoms with van der Waals surface area (Å²) in [7, 11) is 0. The van der Waals surface area contributed by atoms with E-state index in [1.165, 1.54) is 4.70 Å². The maximum absolute atomic E-state index is 11.8. The number of hydrogen-bond donors (Lipinski definition) is 3. The second-order valence-corrected chi connectivity index (χ2v) is 7.55. The molecule has 3 rings (SSSR count). The number of hydrazine groups is 1. The van der Waals surface area contributed by atoms with Crippen LogP contribution in [0.15, 0.2) is 41.0 Å². The molecule has 25 heavy (non-hydrogen) atoms. The van der Waals surface area contributed by atoms with Gasteiger partial charge in [0.1, 0.15) is 5.69 Å². The lowest BCUT2D eigenvalue weighted by molar-refractivity contribution is -0.121. The average molecular weight is 421 g/mol. The van der Waals surface area contributed by atoms with E-state index in [4.69, 9.17) is 0 Å². The van der Waals surface area contributed by atoms with Crippen LogP contribution in [0, 0.1) is 0 Å². The van der Waals surface area contributed by atoms with E-state index in [0.717, 1.165) is 34.3 Å². The molecule has 0 aliphatic rings. The van der Waals surface area contributed by atoms with Crippen molar-refractivity contribution in [3.05, 3.63) is 51.7 Å². The van der Waals surface area contributed by atoms with Gasteiger partial charge in [0.25, 0.3) is 5.91 Å². The summed E-state index contributed by atoms with van der Waals surface area (Å²) in [5, 5.41) is 1.09. The lowest BCUT2D eigenvalue weighted by Crippen LogP contribution is -2.41. The highest BCUT2D eigenvalue weighted by atomic mass is 79.9. The van der Waals surface area contributed by atoms with E-state index < -0.39 is 0 Å². The van der Waals surface area contributed by atoms with Gasteiger partial charge < -0.3 is 4.98 Å². The zero-order valence-electron chi connectivity index (χ0n) is 13.3. The molecule has 0 atom stereocenters. The van der Waals surface area contributed by atoms with Crippen molar-refractivity contribution in [2.45, 2.75) is 25.7 Å². The molecule has 0 unspecified atom stereocenters. The number of thiazole rings is 1. The number of aromatic amines is 1. The van der Waals surface area contributed by atoms with Crippen LogP contribution in [0.2, 0.25) is 0 Å². The first-order chi connectivity index (χ1) is 12.1. The third-order valence-corrected chi connectivity index (χ3v) is 5.14. The fourth-order valence-corrected chi connectivity index (χ4v) is 3.70. The molecule has 3 aromatic rings. The van der Waals surface area contributed by atoms with Crippen molar-refractivity contribution in [3.8, 4) is 0 Å². The molecule has 130 valence electrons. The molecule has 3 N–H and O–H groups in total. The Labute approximate surface area is 157 Å². The standard InChI is InChI=1S/C17H17BrN4O2S/c18-11-9-13(19-10-11)17(24)22-21-15(23)7-3-4-8-16-20-12-5-1-2-6-14(12)25-16/h1-2,5-6,9-10,19H,3-4,7-8H2,(H,21,23)(H,22,24). The van der Waals surface area contributed by atoms with Gasteiger partial charge in [0, 0.05) is 17.1 Å². The van der Waals surface area contributed by atoms with E-state index in [2.05, 4.69) is 42.8 Å². The fourth-order valence-electron chi connectivity index (χ4n) is 2.34. The number of aryl methyl sites for hydroxylation is 1. The van der Waals surface area contributed by atoms with E-state index in [9.17, 15) is 9.59 Å². The third kappa shape index (κ3) is 4.90. The number of halogens is 1. The third-order valence-electron chi connectivity index (χ3n) is 3.59. The first-order valence-corrected chi connectivity index (χ1v) is 9.50. The molecular formula is C17H17BrN4O2S. The molecule has 0 saturated carbocycles. The summed E-state index contributed by atoms with van der Waals surface area (Å²) in [5.41, 5.74) is 6.22. The monoisotopic (exact) mass is 420 g/mol. The number of carbonyl (C=O) groups excluding carboxylic acids is 2. The predicted octanol–water partition coefficient (Wildman–Crippen LogP) is 3.56. The minimum atomic E-state index is -0.381. The molecule has 6 nitrogen and oxygen atoms in total. The predicted molar refractivity (Wildman–Crippen MR) is 101 cm³/mol. The van der Waals surface area contributed by atoms with E-state index >= 15 is 0 Å². The van der Waals surface area contributed by atoms with Gasteiger partial charge in [-0.05, 0) is 53.4 Å². The number of fused-ring (bicyclic) bond motifs is 1. The van der Waals surface area contributed by atoms with Gasteiger partial charge in [0.2, 0.25) is 5.91 Å². The quantitative estimate of drug-likeness (QED) is 0.420. The topological polar surface area (TPSA) is 86.9 Å². The summed E-state index contributed by atoms with van der Waals surface area (Å²) in [6.45, 7) is 0. The molecule has 0 bridgehead atoms. The van der Waals surface area contributed by atoms with Crippen LogP contribution in [0.4, 0.5) is 0 Å². The SMILES string of the molecule is O=C(CCCCc1nc2ccccc2s1)NNC(=O)c1cc(Br)c[nH]1. The summed E-state index contributed by atoms with van der Waals surface area (Å²) in [6.07, 6.45) is 4.49. The lowest BCUT2D eigenvalue weighted by atomic mass is 10.2. The molecular weight excluding hydrogens is 404 g/mol. The Balaban J connectivity index is 1.35. The second kappa shape index (κ2) is 8.26. The van der Waals surface area contributed by atoms with Crippen LogP contribution in [-0.2, 0) is 11.2 Å². The summed E-state index contributed by atoms with van der Waals surface area (Å²) in [6, 6.07) is 9.70. The first-order valence-electron chi connectivity index (χ1n) is 7.89. The largest absolute Gasteiger partial charge is 0.356 e. The molecule has 2 amide bonds. The Kier molecular flexibility index (Phi) is 5.83. The molecule has 1 aromatic carbocycles. The van der Waals surface area contributed by atoms with Crippen molar-refractivity contribution in [3.63, 3.8) is 0 Å². The minimum absolute atomic E-state index is 0.205. The highest BCUT2D eigenvalue weighted by Crippen LogP contribution is 2.22. The van der Waals surface area contributed by atoms with Gasteiger partial charge in [-0.3, -0.25) is 20.4 Å². The van der Waals surface area contributed by atoms with Crippen LogP contribution in [0.1, 0.15) is 34.8 Å². The van der Waals surface area contributed by atoms with Crippen LogP contribution in [0.5, 0.6) is 0 Å². The molecule has 2 heterocycles. The molecule has 8 heteroatoms. The Bertz CT molecular complexity index is 857. The number of para-hydroxylation sites is 1. The maximum Gasteiger partial charge on any atom is 0.286 e. The van der Waals surface area contributed by atoms with Gasteiger partial charge in [0.15, 0.2) is 0 Å². The smallest absolute Gasteiger partial charge is 0.286 e. The Morgan fingerprint density at radius 1 is 1.20 bits per heavy atom. The summed E-state index contributed by atoms with van der Waals surface area (Å²) < 4.78 is 1.97. The van der Waals surface area contributed by atoms with E-state index in [-0.39, 0.29) is 11.8 Å². The van der Waals surface area contributed by atoms with Crippen molar-refractivity contribution in [1.82, 2.24) is 20.8 Å². The van der Waals surface area contributed by atoms with Crippen molar-refractivity contribution >= 4 is 49.3 Å². The Hall–Kier alpha value is -2.19. The average Bonchev–Trinajstić information content (AvgIpc) is 3.22. The van der Waals surface area contributed by atoms with Gasteiger partial charge in [-0.15, -0.1) is 11.3 Å². The van der Waals surface area contributed by atoms with Gasteiger partial charge in [0.05, 0.1) is 15.2 Å². The van der Waals surface area contributed by atoms with Crippen molar-refractivity contribution < 1.29 is 9.59 Å². The van der Waals surface area contributed by atoms with E-state index in [1.54, 1.807) is 23.6 Å². The summed E-state index contributed by atoms with van der Waals surface area (Å²) in [5.74, 6) is -0.586. The molecule has 0 radical (unpaired) electrons. The van der Waals surface area contributed by atoms with Gasteiger partial charge in [-0.2, -0.15) is 0 Å². The summed E-state index contributed by atoms with van der Waals surface area (Å²) in [4.78, 5) is 30.9. The zero-order valence-corrected chi connectivity index (χ0v) is 15.7. The number of aromatic nitrogens is 2. The van der Waals surface area contributed by atoms with E-state index in [1.807, 2.05) is 18.2 Å². The number of unbranched alkanes of at least 4 members (excludes halogenated alkanes) is 1. The van der Waals surface area contributed by atoms with Crippen LogP contribution < -0.4 is 10.9 Å². The Morgan fingerprint density at radius 2 is 2.04 bits per heavy atom. The molecule has 0 saturated heterocycles. The molecule has 0 fully saturated rings. The van der Waals surface area contributed by atoms with Crippen LogP contribution in [-0.4, -0.2) is 21.8 Å². The van der Waals surface area contributed by atoms with Crippen molar-refractivity contribution in [2.24, 2.45) is 0 Å². The van der Waals surface area contributed by atoms with Gasteiger partial charge in [-0.1, -0.05) is 12.1 Å². The minimum Gasteiger partial charge on any atom is -0.356 e. The number of amides is 2. The maximum atomic E-state index is 11.8. The van der Waals surface area contributed by atoms with Crippen LogP contribution in [0.3, 0.4) is 0 Å². The highest BCUT2D eigenvalue weighted by molar-refractivity contribution is 9.10. The van der Waals surface area contributed by atoms with E-state index in [0.29, 0.717) is 12.1 Å². The number of hydrogen-bond acceptors (Lipinski definition) is 4. The molecule has 0 aliphatic heterocycles. The number of rotatable bonds is 6. The normalized spacial score (nSPS) is 10.8. The lowest BCUT2D eigenvalue weighted by Gasteiger charge is -2.06.